The third kappa shape index (κ3) is 3.29. The van der Waals surface area contributed by atoms with Crippen LogP contribution in [0.4, 0.5) is 8.78 Å². The predicted octanol–water partition coefficient (Wildman–Crippen LogP) is 5.27. The van der Waals surface area contributed by atoms with Gasteiger partial charge < -0.3 is 9.52 Å². The summed E-state index contributed by atoms with van der Waals surface area (Å²) in [6, 6.07) is 5.59. The first kappa shape index (κ1) is 21.7. The standard InChI is InChI=1S/C27H23F2N5O2/c28-17-2-1-3-18(29)23(17)19-10-16-14-6-8-27(9-7-14,25(16)34-33-19)22-12-30-11-20(31-22)26-32-21(13-36-26)24(35)15-4-5-15/h1-3,10-15,24,35H,4-9H2/t14?,24-,27?/m1/s1. The van der Waals surface area contributed by atoms with Crippen LogP contribution in [0.2, 0.25) is 0 Å². The van der Waals surface area contributed by atoms with Crippen molar-refractivity contribution < 1.29 is 18.3 Å². The Morgan fingerprint density at radius 1 is 0.972 bits per heavy atom. The maximum atomic E-state index is 14.4. The maximum absolute atomic E-state index is 14.4. The van der Waals surface area contributed by atoms with E-state index in [9.17, 15) is 13.9 Å². The normalized spacial score (nSPS) is 23.5. The van der Waals surface area contributed by atoms with Crippen LogP contribution in [0.3, 0.4) is 0 Å². The van der Waals surface area contributed by atoms with Crippen LogP contribution in [0.5, 0.6) is 0 Å². The molecule has 4 aromatic rings. The van der Waals surface area contributed by atoms with Crippen molar-refractivity contribution in [3.63, 3.8) is 0 Å². The average molecular weight is 488 g/mol. The van der Waals surface area contributed by atoms with Crippen LogP contribution in [0.15, 0.2) is 47.3 Å². The molecule has 3 aromatic heterocycles. The van der Waals surface area contributed by atoms with E-state index in [1.807, 2.05) is 0 Å². The molecule has 4 aliphatic rings. The highest BCUT2D eigenvalue weighted by molar-refractivity contribution is 5.62. The van der Waals surface area contributed by atoms with Crippen molar-refractivity contribution in [2.75, 3.05) is 0 Å². The smallest absolute Gasteiger partial charge is 0.247 e. The number of aromatic nitrogens is 5. The molecule has 1 N–H and O–H groups in total. The molecule has 0 unspecified atom stereocenters. The lowest BCUT2D eigenvalue weighted by Crippen LogP contribution is -2.41. The predicted molar refractivity (Wildman–Crippen MR) is 125 cm³/mol. The SMILES string of the molecule is O[C@@H](c1coc(-c2cncc(C34CCC(CC3)c3cc(-c5c(F)cccc5F)nnc34)n2)n1)C1CC1. The van der Waals surface area contributed by atoms with E-state index >= 15 is 0 Å². The zero-order valence-corrected chi connectivity index (χ0v) is 19.4. The Morgan fingerprint density at radius 2 is 1.75 bits per heavy atom. The number of nitrogens with zero attached hydrogens (tertiary/aromatic N) is 5. The van der Waals surface area contributed by atoms with Crippen LogP contribution in [-0.2, 0) is 5.41 Å². The van der Waals surface area contributed by atoms with Gasteiger partial charge in [-0.15, -0.1) is 5.10 Å². The number of oxazole rings is 1. The lowest BCUT2D eigenvalue weighted by molar-refractivity contribution is 0.149. The molecule has 2 fully saturated rings. The molecular formula is C27H23F2N5O2. The summed E-state index contributed by atoms with van der Waals surface area (Å²) in [6.45, 7) is 0. The van der Waals surface area contributed by atoms with Crippen molar-refractivity contribution in [1.82, 2.24) is 25.1 Å². The summed E-state index contributed by atoms with van der Waals surface area (Å²) in [5.41, 5.74) is 3.08. The zero-order valence-electron chi connectivity index (χ0n) is 19.4. The minimum Gasteiger partial charge on any atom is -0.443 e. The summed E-state index contributed by atoms with van der Waals surface area (Å²) in [6.07, 6.45) is 9.70. The van der Waals surface area contributed by atoms with Crippen LogP contribution in [0.1, 0.15) is 73.2 Å². The summed E-state index contributed by atoms with van der Waals surface area (Å²) in [5.74, 6) is -0.488. The van der Waals surface area contributed by atoms with E-state index in [1.54, 1.807) is 18.5 Å². The fourth-order valence-corrected chi connectivity index (χ4v) is 5.88. The van der Waals surface area contributed by atoms with Gasteiger partial charge in [0, 0.05) is 6.20 Å². The largest absolute Gasteiger partial charge is 0.443 e. The molecule has 0 spiro atoms. The first-order valence-corrected chi connectivity index (χ1v) is 12.3. The summed E-state index contributed by atoms with van der Waals surface area (Å²) in [5, 5.41) is 19.2. The van der Waals surface area contributed by atoms with Gasteiger partial charge in [0.25, 0.3) is 0 Å². The second kappa shape index (κ2) is 7.96. The summed E-state index contributed by atoms with van der Waals surface area (Å²) in [4.78, 5) is 13.8. The molecule has 4 aliphatic carbocycles. The molecule has 0 radical (unpaired) electrons. The molecule has 36 heavy (non-hydrogen) atoms. The van der Waals surface area contributed by atoms with Crippen LogP contribution >= 0.6 is 0 Å². The van der Waals surface area contributed by atoms with Gasteiger partial charge in [-0.05, 0) is 74.1 Å². The van der Waals surface area contributed by atoms with Gasteiger partial charge in [0.1, 0.15) is 35.4 Å². The van der Waals surface area contributed by atoms with Crippen molar-refractivity contribution in [1.29, 1.82) is 0 Å². The molecule has 9 heteroatoms. The quantitative estimate of drug-likeness (QED) is 0.410. The molecule has 0 saturated heterocycles. The number of halogens is 2. The van der Waals surface area contributed by atoms with Crippen molar-refractivity contribution in [3.05, 3.63) is 77.2 Å². The van der Waals surface area contributed by atoms with Gasteiger partial charge in [-0.1, -0.05) is 6.07 Å². The van der Waals surface area contributed by atoms with E-state index in [1.165, 1.54) is 24.5 Å². The first-order valence-electron chi connectivity index (χ1n) is 12.3. The number of rotatable bonds is 5. The summed E-state index contributed by atoms with van der Waals surface area (Å²) in [7, 11) is 0. The Bertz CT molecular complexity index is 1460. The molecule has 2 saturated carbocycles. The molecule has 1 atom stereocenters. The first-order chi connectivity index (χ1) is 17.5. The average Bonchev–Trinajstić information content (AvgIpc) is 3.65. The summed E-state index contributed by atoms with van der Waals surface area (Å²) < 4.78 is 34.5. The fourth-order valence-electron chi connectivity index (χ4n) is 5.88. The highest BCUT2D eigenvalue weighted by atomic mass is 19.1. The van der Waals surface area contributed by atoms with E-state index in [-0.39, 0.29) is 23.1 Å². The van der Waals surface area contributed by atoms with Gasteiger partial charge in [0.2, 0.25) is 5.89 Å². The van der Waals surface area contributed by atoms with Crippen molar-refractivity contribution in [2.24, 2.45) is 5.92 Å². The second-order valence-corrected chi connectivity index (χ2v) is 10.1. The van der Waals surface area contributed by atoms with Gasteiger partial charge in [0.15, 0.2) is 0 Å². The lowest BCUT2D eigenvalue weighted by atomic mass is 9.58. The fraction of sp³-hybridized carbons (Fsp3) is 0.370. The number of hydrogen-bond donors (Lipinski definition) is 1. The number of fused-ring (bicyclic) bond motifs is 2. The van der Waals surface area contributed by atoms with Crippen molar-refractivity contribution in [3.8, 4) is 22.8 Å². The van der Waals surface area contributed by atoms with E-state index in [2.05, 4.69) is 20.2 Å². The number of hydrogen-bond acceptors (Lipinski definition) is 7. The van der Waals surface area contributed by atoms with Crippen LogP contribution in [-0.4, -0.2) is 30.3 Å². The van der Waals surface area contributed by atoms with Gasteiger partial charge in [0.05, 0.1) is 34.3 Å². The van der Waals surface area contributed by atoms with Gasteiger partial charge in [-0.3, -0.25) is 4.98 Å². The minimum absolute atomic E-state index is 0.154. The Labute approximate surface area is 205 Å². The molecular weight excluding hydrogens is 464 g/mol. The molecule has 0 aliphatic heterocycles. The Morgan fingerprint density at radius 3 is 2.50 bits per heavy atom. The Balaban J connectivity index is 1.28. The van der Waals surface area contributed by atoms with E-state index in [0.29, 0.717) is 17.3 Å². The highest BCUT2D eigenvalue weighted by Crippen LogP contribution is 2.55. The van der Waals surface area contributed by atoms with Gasteiger partial charge in [-0.2, -0.15) is 5.10 Å². The topological polar surface area (TPSA) is 97.8 Å². The van der Waals surface area contributed by atoms with Crippen LogP contribution < -0.4 is 0 Å². The van der Waals surface area contributed by atoms with Crippen LogP contribution in [0.25, 0.3) is 22.8 Å². The molecule has 1 aromatic carbocycles. The highest BCUT2D eigenvalue weighted by Gasteiger charge is 2.49. The molecule has 8 rings (SSSR count). The zero-order chi connectivity index (χ0) is 24.4. The van der Waals surface area contributed by atoms with Crippen molar-refractivity contribution in [2.45, 2.75) is 56.0 Å². The van der Waals surface area contributed by atoms with E-state index in [4.69, 9.17) is 9.40 Å². The van der Waals surface area contributed by atoms with E-state index < -0.39 is 23.2 Å². The second-order valence-electron chi connectivity index (χ2n) is 10.1. The maximum Gasteiger partial charge on any atom is 0.247 e. The molecule has 2 bridgehead atoms. The molecule has 3 heterocycles. The molecule has 0 amide bonds. The van der Waals surface area contributed by atoms with Gasteiger partial charge >= 0.3 is 0 Å². The van der Waals surface area contributed by atoms with Crippen molar-refractivity contribution >= 4 is 0 Å². The minimum atomic E-state index is -0.657. The number of aliphatic hydroxyl groups is 1. The molecule has 7 nitrogen and oxygen atoms in total. The monoisotopic (exact) mass is 487 g/mol. The van der Waals surface area contributed by atoms with Crippen LogP contribution in [0, 0.1) is 17.6 Å². The Kier molecular flexibility index (Phi) is 4.79. The lowest BCUT2D eigenvalue weighted by Gasteiger charge is -2.46. The van der Waals surface area contributed by atoms with E-state index in [0.717, 1.165) is 55.5 Å². The number of benzene rings is 1. The van der Waals surface area contributed by atoms with Gasteiger partial charge in [-0.25, -0.2) is 18.7 Å². The Hall–Kier alpha value is -3.59. The third-order valence-electron chi connectivity index (χ3n) is 8.01. The third-order valence-corrected chi connectivity index (χ3v) is 8.01. The summed E-state index contributed by atoms with van der Waals surface area (Å²) >= 11 is 0. The molecule has 182 valence electrons. The number of aliphatic hydroxyl groups excluding tert-OH is 1.